The highest BCUT2D eigenvalue weighted by atomic mass is 19.4. The van der Waals surface area contributed by atoms with Crippen molar-refractivity contribution in [2.45, 2.75) is 20.0 Å². The number of aromatic nitrogens is 1. The van der Waals surface area contributed by atoms with Crippen LogP contribution in [0.3, 0.4) is 0 Å². The monoisotopic (exact) mass is 229 g/mol. The van der Waals surface area contributed by atoms with Crippen molar-refractivity contribution in [2.24, 2.45) is 0 Å². The molecule has 0 spiro atoms. The summed E-state index contributed by atoms with van der Waals surface area (Å²) in [5, 5.41) is 0. The lowest BCUT2D eigenvalue weighted by Gasteiger charge is -2.09. The summed E-state index contributed by atoms with van der Waals surface area (Å²) in [5.41, 5.74) is -0.733. The molecule has 0 amide bonds. The van der Waals surface area contributed by atoms with E-state index in [0.29, 0.717) is 5.57 Å². The van der Waals surface area contributed by atoms with Gasteiger partial charge in [-0.3, -0.25) is 9.78 Å². The maximum atomic E-state index is 12.5. The van der Waals surface area contributed by atoms with Gasteiger partial charge in [-0.05, 0) is 26.0 Å². The first-order chi connectivity index (χ1) is 7.32. The first-order valence-corrected chi connectivity index (χ1v) is 4.53. The molecule has 86 valence electrons. The van der Waals surface area contributed by atoms with Crippen LogP contribution < -0.4 is 0 Å². The molecule has 0 saturated heterocycles. The molecule has 0 saturated carbocycles. The third-order valence-electron chi connectivity index (χ3n) is 1.81. The first-order valence-electron chi connectivity index (χ1n) is 4.53. The topological polar surface area (TPSA) is 30.0 Å². The van der Waals surface area contributed by atoms with Gasteiger partial charge in [0.2, 0.25) is 0 Å². The number of allylic oxidation sites excluding steroid dienone is 2. The number of nitrogens with zero attached hydrogens (tertiary/aromatic N) is 1. The van der Waals surface area contributed by atoms with Crippen LogP contribution in [0.2, 0.25) is 0 Å². The minimum atomic E-state index is -4.54. The Labute approximate surface area is 90.8 Å². The Morgan fingerprint density at radius 2 is 2.00 bits per heavy atom. The minimum Gasteiger partial charge on any atom is -0.289 e. The molecule has 1 rings (SSSR count). The number of carbonyl (C=O) groups is 1. The van der Waals surface area contributed by atoms with Crippen LogP contribution in [-0.2, 0) is 6.18 Å². The summed E-state index contributed by atoms with van der Waals surface area (Å²) in [7, 11) is 0. The van der Waals surface area contributed by atoms with Gasteiger partial charge in [0, 0.05) is 12.4 Å². The quantitative estimate of drug-likeness (QED) is 0.575. The standard InChI is InChI=1S/C11H10F3NO/c1-7(2)5-10(16)8-6-15-4-3-9(8)11(12,13)14/h3-6H,1-2H3. The zero-order chi connectivity index (χ0) is 12.3. The molecule has 1 heterocycles. The van der Waals surface area contributed by atoms with Gasteiger partial charge in [-0.15, -0.1) is 0 Å². The molecule has 0 aliphatic heterocycles. The first kappa shape index (κ1) is 12.4. The Hall–Kier alpha value is -1.65. The molecule has 16 heavy (non-hydrogen) atoms. The number of alkyl halides is 3. The number of hydrogen-bond acceptors (Lipinski definition) is 2. The SMILES string of the molecule is CC(C)=CC(=O)c1cnccc1C(F)(F)F. The Morgan fingerprint density at radius 1 is 1.38 bits per heavy atom. The van der Waals surface area contributed by atoms with Gasteiger partial charge in [-0.1, -0.05) is 5.57 Å². The van der Waals surface area contributed by atoms with Crippen LogP contribution in [-0.4, -0.2) is 10.8 Å². The molecule has 0 N–H and O–H groups in total. The number of carbonyl (C=O) groups excluding carboxylic acids is 1. The van der Waals surface area contributed by atoms with Crippen LogP contribution in [0, 0.1) is 0 Å². The number of halogens is 3. The summed E-state index contributed by atoms with van der Waals surface area (Å²) in [6.45, 7) is 3.28. The third kappa shape index (κ3) is 2.92. The van der Waals surface area contributed by atoms with E-state index in [0.717, 1.165) is 24.5 Å². The van der Waals surface area contributed by atoms with Crippen LogP contribution in [0.25, 0.3) is 0 Å². The van der Waals surface area contributed by atoms with Crippen LogP contribution in [0.4, 0.5) is 13.2 Å². The summed E-state index contributed by atoms with van der Waals surface area (Å²) >= 11 is 0. The summed E-state index contributed by atoms with van der Waals surface area (Å²) in [6, 6.07) is 0.798. The maximum absolute atomic E-state index is 12.5. The molecule has 1 aromatic rings. The van der Waals surface area contributed by atoms with Crippen LogP contribution in [0.1, 0.15) is 29.8 Å². The lowest BCUT2D eigenvalue weighted by molar-refractivity contribution is -0.137. The van der Waals surface area contributed by atoms with Gasteiger partial charge in [0.1, 0.15) is 0 Å². The van der Waals surface area contributed by atoms with Crippen molar-refractivity contribution in [2.75, 3.05) is 0 Å². The number of hydrogen-bond donors (Lipinski definition) is 0. The molecule has 0 aliphatic carbocycles. The van der Waals surface area contributed by atoms with Gasteiger partial charge in [0.05, 0.1) is 11.1 Å². The molecule has 0 fully saturated rings. The fourth-order valence-corrected chi connectivity index (χ4v) is 1.18. The van der Waals surface area contributed by atoms with Crippen molar-refractivity contribution in [1.82, 2.24) is 4.98 Å². The summed E-state index contributed by atoms with van der Waals surface area (Å²) in [6.07, 6.45) is -1.43. The number of rotatable bonds is 2. The molecule has 0 aliphatic rings. The predicted molar refractivity (Wildman–Crippen MR) is 53.0 cm³/mol. The molecular formula is C11H10F3NO. The molecule has 0 atom stereocenters. The molecule has 0 aromatic carbocycles. The van der Waals surface area contributed by atoms with Gasteiger partial charge < -0.3 is 0 Å². The Kier molecular flexibility index (Phi) is 3.47. The largest absolute Gasteiger partial charge is 0.417 e. The highest BCUT2D eigenvalue weighted by Crippen LogP contribution is 2.31. The summed E-state index contributed by atoms with van der Waals surface area (Å²) < 4.78 is 37.6. The average Bonchev–Trinajstić information content (AvgIpc) is 2.15. The molecule has 0 bridgehead atoms. The fourth-order valence-electron chi connectivity index (χ4n) is 1.18. The van der Waals surface area contributed by atoms with E-state index in [1.807, 2.05) is 0 Å². The van der Waals surface area contributed by atoms with Crippen molar-refractivity contribution < 1.29 is 18.0 Å². The lowest BCUT2D eigenvalue weighted by atomic mass is 10.0. The van der Waals surface area contributed by atoms with Crippen LogP contribution >= 0.6 is 0 Å². The number of pyridine rings is 1. The fraction of sp³-hybridized carbons (Fsp3) is 0.273. The van der Waals surface area contributed by atoms with E-state index < -0.39 is 23.1 Å². The molecular weight excluding hydrogens is 219 g/mol. The maximum Gasteiger partial charge on any atom is 0.417 e. The highest BCUT2D eigenvalue weighted by molar-refractivity contribution is 6.05. The van der Waals surface area contributed by atoms with Crippen LogP contribution in [0.5, 0.6) is 0 Å². The van der Waals surface area contributed by atoms with Gasteiger partial charge in [0.25, 0.3) is 0 Å². The second kappa shape index (κ2) is 4.47. The lowest BCUT2D eigenvalue weighted by Crippen LogP contribution is -2.12. The zero-order valence-corrected chi connectivity index (χ0v) is 8.80. The van der Waals surface area contributed by atoms with E-state index in [-0.39, 0.29) is 0 Å². The smallest absolute Gasteiger partial charge is 0.289 e. The van der Waals surface area contributed by atoms with E-state index in [1.54, 1.807) is 13.8 Å². The van der Waals surface area contributed by atoms with E-state index >= 15 is 0 Å². The van der Waals surface area contributed by atoms with Gasteiger partial charge >= 0.3 is 6.18 Å². The Balaban J connectivity index is 3.25. The summed E-state index contributed by atoms with van der Waals surface area (Å²) in [4.78, 5) is 15.0. The number of ketones is 1. The minimum absolute atomic E-state index is 0.420. The van der Waals surface area contributed by atoms with E-state index in [4.69, 9.17) is 0 Å². The second-order valence-electron chi connectivity index (χ2n) is 3.50. The van der Waals surface area contributed by atoms with Crippen molar-refractivity contribution in [3.8, 4) is 0 Å². The molecule has 2 nitrogen and oxygen atoms in total. The van der Waals surface area contributed by atoms with E-state index in [1.165, 1.54) is 0 Å². The van der Waals surface area contributed by atoms with Crippen molar-refractivity contribution in [1.29, 1.82) is 0 Å². The van der Waals surface area contributed by atoms with Crippen molar-refractivity contribution in [3.63, 3.8) is 0 Å². The molecule has 1 aromatic heterocycles. The average molecular weight is 229 g/mol. The highest BCUT2D eigenvalue weighted by Gasteiger charge is 2.34. The zero-order valence-electron chi connectivity index (χ0n) is 8.80. The molecule has 0 radical (unpaired) electrons. The Morgan fingerprint density at radius 3 is 2.50 bits per heavy atom. The predicted octanol–water partition coefficient (Wildman–Crippen LogP) is 3.25. The van der Waals surface area contributed by atoms with E-state index in [9.17, 15) is 18.0 Å². The van der Waals surface area contributed by atoms with Crippen molar-refractivity contribution in [3.05, 3.63) is 41.2 Å². The summed E-state index contributed by atoms with van der Waals surface area (Å²) in [5.74, 6) is -0.680. The molecule has 0 unspecified atom stereocenters. The normalized spacial score (nSPS) is 11.1. The van der Waals surface area contributed by atoms with E-state index in [2.05, 4.69) is 4.98 Å². The third-order valence-corrected chi connectivity index (χ3v) is 1.81. The van der Waals surface area contributed by atoms with Gasteiger partial charge in [-0.25, -0.2) is 0 Å². The van der Waals surface area contributed by atoms with Gasteiger partial charge in [-0.2, -0.15) is 13.2 Å². The Bertz CT molecular complexity index is 431. The van der Waals surface area contributed by atoms with Crippen molar-refractivity contribution >= 4 is 5.78 Å². The van der Waals surface area contributed by atoms with Crippen LogP contribution in [0.15, 0.2) is 30.1 Å². The molecule has 5 heteroatoms. The second-order valence-corrected chi connectivity index (χ2v) is 3.50. The van der Waals surface area contributed by atoms with Gasteiger partial charge in [0.15, 0.2) is 5.78 Å².